The lowest BCUT2D eigenvalue weighted by molar-refractivity contribution is 0.102. The molecule has 2 heterocycles. The van der Waals surface area contributed by atoms with Gasteiger partial charge in [-0.05, 0) is 67.6 Å². The Kier molecular flexibility index (Phi) is 5.31. The van der Waals surface area contributed by atoms with E-state index < -0.39 is 15.8 Å². The zero-order valence-electron chi connectivity index (χ0n) is 17.0. The maximum absolute atomic E-state index is 13.0. The highest BCUT2D eigenvalue weighted by Gasteiger charge is 2.16. The van der Waals surface area contributed by atoms with E-state index in [-0.39, 0.29) is 16.5 Å². The molecule has 0 aliphatic carbocycles. The van der Waals surface area contributed by atoms with Gasteiger partial charge in [-0.2, -0.15) is 0 Å². The van der Waals surface area contributed by atoms with Crippen molar-refractivity contribution in [1.82, 2.24) is 9.97 Å². The van der Waals surface area contributed by atoms with E-state index in [9.17, 15) is 17.6 Å². The van der Waals surface area contributed by atoms with Crippen LogP contribution < -0.4 is 10.0 Å². The lowest BCUT2D eigenvalue weighted by Gasteiger charge is -2.09. The van der Waals surface area contributed by atoms with Gasteiger partial charge in [-0.25, -0.2) is 22.8 Å². The number of hydrogen-bond donors (Lipinski definition) is 2. The number of nitrogens with zero attached hydrogens (tertiary/aromatic N) is 2. The molecule has 0 saturated carbocycles. The predicted octanol–water partition coefficient (Wildman–Crippen LogP) is 5.41. The first-order chi connectivity index (χ1) is 15.8. The molecular formula is C22H15FN4O3S3. The number of rotatable bonds is 5. The largest absolute Gasteiger partial charge is 0.298 e. The van der Waals surface area contributed by atoms with Crippen molar-refractivity contribution in [3.05, 3.63) is 77.1 Å². The van der Waals surface area contributed by atoms with Gasteiger partial charge in [-0.3, -0.25) is 14.8 Å². The smallest absolute Gasteiger partial charge is 0.261 e. The topological polar surface area (TPSA) is 101 Å². The Bertz CT molecular complexity index is 1610. The number of aromatic nitrogens is 2. The molecule has 0 spiro atoms. The summed E-state index contributed by atoms with van der Waals surface area (Å²) in [6.07, 6.45) is 0. The second kappa shape index (κ2) is 8.18. The van der Waals surface area contributed by atoms with E-state index in [4.69, 9.17) is 0 Å². The van der Waals surface area contributed by atoms with Crippen molar-refractivity contribution < 1.29 is 17.6 Å². The molecule has 0 saturated heterocycles. The number of fused-ring (bicyclic) bond motifs is 3. The van der Waals surface area contributed by atoms with Gasteiger partial charge >= 0.3 is 0 Å². The van der Waals surface area contributed by atoms with Crippen molar-refractivity contribution in [3.8, 4) is 0 Å². The molecule has 7 nitrogen and oxygen atoms in total. The van der Waals surface area contributed by atoms with Gasteiger partial charge < -0.3 is 0 Å². The predicted molar refractivity (Wildman–Crippen MR) is 129 cm³/mol. The number of amides is 1. The monoisotopic (exact) mass is 498 g/mol. The summed E-state index contributed by atoms with van der Waals surface area (Å²) in [6.45, 7) is 1.95. The molecule has 0 bridgehead atoms. The average Bonchev–Trinajstić information content (AvgIpc) is 3.36. The van der Waals surface area contributed by atoms with Crippen LogP contribution in [0.1, 0.15) is 15.4 Å². The number of anilines is 2. The van der Waals surface area contributed by atoms with E-state index in [0.717, 1.165) is 37.6 Å². The molecule has 166 valence electrons. The normalized spacial score (nSPS) is 11.7. The molecule has 2 aromatic heterocycles. The fourth-order valence-corrected chi connectivity index (χ4v) is 6.28. The van der Waals surface area contributed by atoms with Crippen molar-refractivity contribution >= 4 is 69.9 Å². The van der Waals surface area contributed by atoms with E-state index in [1.165, 1.54) is 47.7 Å². The van der Waals surface area contributed by atoms with Crippen molar-refractivity contribution in [2.45, 2.75) is 11.8 Å². The lowest BCUT2D eigenvalue weighted by Crippen LogP contribution is -2.14. The maximum atomic E-state index is 13.0. The molecule has 11 heteroatoms. The number of halogens is 1. The summed E-state index contributed by atoms with van der Waals surface area (Å²) in [4.78, 5) is 21.6. The van der Waals surface area contributed by atoms with Crippen LogP contribution in [0.25, 0.3) is 20.4 Å². The summed E-state index contributed by atoms with van der Waals surface area (Å²) < 4.78 is 42.3. The third kappa shape index (κ3) is 4.30. The molecule has 33 heavy (non-hydrogen) atoms. The highest BCUT2D eigenvalue weighted by Crippen LogP contribution is 2.35. The minimum absolute atomic E-state index is 0.0632. The van der Waals surface area contributed by atoms with Crippen molar-refractivity contribution in [3.63, 3.8) is 0 Å². The zero-order chi connectivity index (χ0) is 23.2. The minimum Gasteiger partial charge on any atom is -0.298 e. The van der Waals surface area contributed by atoms with Gasteiger partial charge in [0.05, 0.1) is 30.3 Å². The van der Waals surface area contributed by atoms with Gasteiger partial charge in [0, 0.05) is 11.3 Å². The van der Waals surface area contributed by atoms with E-state index >= 15 is 0 Å². The second-order valence-electron chi connectivity index (χ2n) is 7.10. The van der Waals surface area contributed by atoms with Crippen LogP contribution in [0, 0.1) is 12.7 Å². The van der Waals surface area contributed by atoms with E-state index in [1.807, 2.05) is 19.1 Å². The molecule has 1 amide bonds. The standard InChI is InChI=1S/C22H15FN4O3S3/c1-12-24-17-10-11-18-20(19(17)31-12)32-22(25-18)26-21(28)13-2-6-15(7-3-13)27-33(29,30)16-8-4-14(23)5-9-16/h2-11,27H,1H3,(H,25,26,28). The van der Waals surface area contributed by atoms with Crippen LogP contribution in [0.4, 0.5) is 15.2 Å². The van der Waals surface area contributed by atoms with Crippen LogP contribution in [0.15, 0.2) is 65.6 Å². The van der Waals surface area contributed by atoms with Gasteiger partial charge in [-0.15, -0.1) is 11.3 Å². The average molecular weight is 499 g/mol. The summed E-state index contributed by atoms with van der Waals surface area (Å²) in [5, 5.41) is 4.23. The SMILES string of the molecule is Cc1nc2ccc3nc(NC(=O)c4ccc(NS(=O)(=O)c5ccc(F)cc5)cc4)sc3c2s1. The first-order valence-electron chi connectivity index (χ1n) is 9.65. The van der Waals surface area contributed by atoms with Crippen molar-refractivity contribution in [2.75, 3.05) is 10.0 Å². The molecule has 5 rings (SSSR count). The first-order valence-corrected chi connectivity index (χ1v) is 12.8. The van der Waals surface area contributed by atoms with Crippen LogP contribution >= 0.6 is 22.7 Å². The number of aryl methyl sites for hydroxylation is 1. The Hall–Kier alpha value is -3.41. The number of carbonyl (C=O) groups excluding carboxylic acids is 1. The van der Waals surface area contributed by atoms with Crippen LogP contribution in [0.3, 0.4) is 0 Å². The third-order valence-electron chi connectivity index (χ3n) is 4.76. The van der Waals surface area contributed by atoms with E-state index in [0.29, 0.717) is 10.7 Å². The molecule has 0 fully saturated rings. The second-order valence-corrected chi connectivity index (χ2v) is 11.0. The fourth-order valence-electron chi connectivity index (χ4n) is 3.22. The number of sulfonamides is 1. The van der Waals surface area contributed by atoms with E-state index in [1.54, 1.807) is 11.3 Å². The van der Waals surface area contributed by atoms with Gasteiger partial charge in [-0.1, -0.05) is 11.3 Å². The summed E-state index contributed by atoms with van der Waals surface area (Å²) in [5.74, 6) is -0.886. The van der Waals surface area contributed by atoms with Crippen LogP contribution in [-0.4, -0.2) is 24.3 Å². The molecule has 3 aromatic carbocycles. The minimum atomic E-state index is -3.87. The molecule has 0 aliphatic rings. The quantitative estimate of drug-likeness (QED) is 0.338. The first kappa shape index (κ1) is 21.4. The molecule has 0 unspecified atom stereocenters. The van der Waals surface area contributed by atoms with Gasteiger partial charge in [0.2, 0.25) is 0 Å². The lowest BCUT2D eigenvalue weighted by atomic mass is 10.2. The van der Waals surface area contributed by atoms with Gasteiger partial charge in [0.15, 0.2) is 5.13 Å². The summed E-state index contributed by atoms with van der Waals surface area (Å²) in [6, 6.07) is 14.3. The van der Waals surface area contributed by atoms with Crippen molar-refractivity contribution in [2.24, 2.45) is 0 Å². The number of hydrogen-bond acceptors (Lipinski definition) is 7. The molecule has 0 aliphatic heterocycles. The fraction of sp³-hybridized carbons (Fsp3) is 0.0455. The Morgan fingerprint density at radius 1 is 0.879 bits per heavy atom. The Labute approximate surface area is 196 Å². The molecule has 2 N–H and O–H groups in total. The number of thiazole rings is 2. The number of nitrogens with one attached hydrogen (secondary N) is 2. The van der Waals surface area contributed by atoms with Crippen LogP contribution in [-0.2, 0) is 10.0 Å². The molecule has 0 radical (unpaired) electrons. The molecule has 0 atom stereocenters. The number of carbonyl (C=O) groups is 1. The van der Waals surface area contributed by atoms with E-state index in [2.05, 4.69) is 20.0 Å². The highest BCUT2D eigenvalue weighted by atomic mass is 32.2. The third-order valence-corrected chi connectivity index (χ3v) is 8.30. The van der Waals surface area contributed by atoms with Crippen LogP contribution in [0.2, 0.25) is 0 Å². The molecule has 5 aromatic rings. The van der Waals surface area contributed by atoms with Gasteiger partial charge in [0.1, 0.15) is 5.82 Å². The molecular weight excluding hydrogens is 483 g/mol. The zero-order valence-corrected chi connectivity index (χ0v) is 19.4. The van der Waals surface area contributed by atoms with Crippen LogP contribution in [0.5, 0.6) is 0 Å². The Morgan fingerprint density at radius 2 is 1.52 bits per heavy atom. The summed E-state index contributed by atoms with van der Waals surface area (Å²) in [5.41, 5.74) is 2.32. The number of benzene rings is 3. The maximum Gasteiger partial charge on any atom is 0.261 e. The Morgan fingerprint density at radius 3 is 2.21 bits per heavy atom. The Balaban J connectivity index is 1.32. The highest BCUT2D eigenvalue weighted by molar-refractivity contribution is 7.92. The van der Waals surface area contributed by atoms with Gasteiger partial charge in [0.25, 0.3) is 15.9 Å². The summed E-state index contributed by atoms with van der Waals surface area (Å²) in [7, 11) is -3.87. The summed E-state index contributed by atoms with van der Waals surface area (Å²) >= 11 is 2.97. The van der Waals surface area contributed by atoms with Crippen molar-refractivity contribution in [1.29, 1.82) is 0 Å².